The van der Waals surface area contributed by atoms with Crippen molar-refractivity contribution >= 4 is 11.8 Å². The molecule has 0 saturated carbocycles. The Hall–Kier alpha value is -2.19. The number of ether oxygens (including phenoxy) is 1. The molecule has 2 aliphatic rings. The molecule has 0 radical (unpaired) electrons. The molecular weight excluding hydrogens is 332 g/mol. The molecule has 2 fully saturated rings. The number of hydrogen-bond donors (Lipinski definition) is 2. The Bertz CT molecular complexity index is 793. The van der Waals surface area contributed by atoms with Crippen LogP contribution in [0.15, 0.2) is 6.07 Å². The number of rotatable bonds is 5. The molecule has 4 heterocycles. The van der Waals surface area contributed by atoms with E-state index in [-0.39, 0.29) is 6.10 Å². The van der Waals surface area contributed by atoms with Crippen LogP contribution in [0.5, 0.6) is 0 Å². The summed E-state index contributed by atoms with van der Waals surface area (Å²) in [6.45, 7) is 7.35. The molecule has 0 bridgehead atoms. The van der Waals surface area contributed by atoms with Gasteiger partial charge in [0.05, 0.1) is 30.6 Å². The molecule has 0 aliphatic carbocycles. The van der Waals surface area contributed by atoms with Crippen LogP contribution in [-0.2, 0) is 18.3 Å². The largest absolute Gasteiger partial charge is 0.389 e. The van der Waals surface area contributed by atoms with Gasteiger partial charge < -0.3 is 24.6 Å². The molecule has 0 unspecified atom stereocenters. The summed E-state index contributed by atoms with van der Waals surface area (Å²) in [5.74, 6) is 2.75. The van der Waals surface area contributed by atoms with Crippen LogP contribution in [0.25, 0.3) is 0 Å². The van der Waals surface area contributed by atoms with Crippen molar-refractivity contribution in [2.45, 2.75) is 38.8 Å². The molecule has 8 heteroatoms. The first kappa shape index (κ1) is 17.2. The van der Waals surface area contributed by atoms with Crippen LogP contribution in [0, 0.1) is 13.8 Å². The second kappa shape index (κ2) is 6.85. The first-order valence-electron chi connectivity index (χ1n) is 9.13. The summed E-state index contributed by atoms with van der Waals surface area (Å²) in [5.41, 5.74) is 3.22. The number of nitrogens with zero attached hydrogens (tertiary/aromatic N) is 5. The highest BCUT2D eigenvalue weighted by molar-refractivity contribution is 5.46. The van der Waals surface area contributed by atoms with Crippen molar-refractivity contribution in [1.82, 2.24) is 19.5 Å². The summed E-state index contributed by atoms with van der Waals surface area (Å²) < 4.78 is 7.62. The molecule has 2 aromatic rings. The lowest BCUT2D eigenvalue weighted by molar-refractivity contribution is 0.140. The maximum Gasteiger partial charge on any atom is 0.227 e. The van der Waals surface area contributed by atoms with Crippen LogP contribution in [0.2, 0.25) is 0 Å². The molecule has 4 rings (SSSR count). The van der Waals surface area contributed by atoms with Crippen molar-refractivity contribution in [3.05, 3.63) is 29.0 Å². The lowest BCUT2D eigenvalue weighted by Gasteiger charge is -2.36. The Morgan fingerprint density at radius 2 is 2.08 bits per heavy atom. The lowest BCUT2D eigenvalue weighted by atomic mass is 10.0. The maximum atomic E-state index is 9.60. The third kappa shape index (κ3) is 3.26. The van der Waals surface area contributed by atoms with E-state index in [1.807, 2.05) is 24.9 Å². The summed E-state index contributed by atoms with van der Waals surface area (Å²) >= 11 is 0. The van der Waals surface area contributed by atoms with E-state index >= 15 is 0 Å². The van der Waals surface area contributed by atoms with E-state index in [0.717, 1.165) is 36.1 Å². The van der Waals surface area contributed by atoms with Crippen LogP contribution in [-0.4, -0.2) is 57.0 Å². The second-order valence-corrected chi connectivity index (χ2v) is 7.21. The standard InChI is InChI=1S/C18H26N6O2/c1-11-12(2)23(3)17(20-11)7-19-16-6-15(13-4-5-26-10-13)21-18(22-16)24-8-14(25)9-24/h6,13-14,25H,4-5,7-10H2,1-3H3,(H,19,21,22)/t13-/m1/s1. The number of aryl methyl sites for hydroxylation is 1. The van der Waals surface area contributed by atoms with Gasteiger partial charge in [0.25, 0.3) is 0 Å². The molecule has 2 saturated heterocycles. The second-order valence-electron chi connectivity index (χ2n) is 7.21. The number of nitrogens with one attached hydrogen (secondary N) is 1. The number of hydrogen-bond acceptors (Lipinski definition) is 7. The molecule has 2 aromatic heterocycles. The zero-order valence-electron chi connectivity index (χ0n) is 15.6. The number of anilines is 2. The van der Waals surface area contributed by atoms with E-state index in [1.165, 1.54) is 5.69 Å². The van der Waals surface area contributed by atoms with Crippen molar-refractivity contribution < 1.29 is 9.84 Å². The first-order valence-corrected chi connectivity index (χ1v) is 9.13. The van der Waals surface area contributed by atoms with Gasteiger partial charge in [-0.1, -0.05) is 0 Å². The fourth-order valence-corrected chi connectivity index (χ4v) is 3.39. The van der Waals surface area contributed by atoms with Gasteiger partial charge in [0.2, 0.25) is 5.95 Å². The van der Waals surface area contributed by atoms with E-state index in [4.69, 9.17) is 9.72 Å². The van der Waals surface area contributed by atoms with Crippen molar-refractivity contribution in [3.63, 3.8) is 0 Å². The molecule has 26 heavy (non-hydrogen) atoms. The number of β-amino-alcohol motifs (C(OH)–C–C–N with tert-alkyl or cyclic N) is 1. The van der Waals surface area contributed by atoms with Gasteiger partial charge in [-0.2, -0.15) is 4.98 Å². The zero-order valence-corrected chi connectivity index (χ0v) is 15.6. The molecular formula is C18H26N6O2. The van der Waals surface area contributed by atoms with Crippen LogP contribution in [0.1, 0.15) is 35.2 Å². The van der Waals surface area contributed by atoms with Gasteiger partial charge in [-0.25, -0.2) is 9.97 Å². The van der Waals surface area contributed by atoms with E-state index < -0.39 is 0 Å². The highest BCUT2D eigenvalue weighted by Gasteiger charge is 2.29. The maximum absolute atomic E-state index is 9.60. The number of aromatic nitrogens is 4. The minimum absolute atomic E-state index is 0.285. The molecule has 0 amide bonds. The van der Waals surface area contributed by atoms with Gasteiger partial charge in [-0.05, 0) is 20.3 Å². The van der Waals surface area contributed by atoms with Crippen molar-refractivity contribution in [2.24, 2.45) is 7.05 Å². The van der Waals surface area contributed by atoms with Gasteiger partial charge in [-0.3, -0.25) is 0 Å². The van der Waals surface area contributed by atoms with Crippen LogP contribution < -0.4 is 10.2 Å². The molecule has 2 N–H and O–H groups in total. The quantitative estimate of drug-likeness (QED) is 0.828. The van der Waals surface area contributed by atoms with E-state index in [2.05, 4.69) is 26.8 Å². The summed E-state index contributed by atoms with van der Waals surface area (Å²) in [5, 5.41) is 13.0. The number of aliphatic hydroxyl groups is 1. The van der Waals surface area contributed by atoms with Crippen LogP contribution in [0.3, 0.4) is 0 Å². The monoisotopic (exact) mass is 358 g/mol. The SMILES string of the molecule is Cc1nc(CNc2cc([C@@H]3CCOC3)nc(N3CC(O)C3)n2)n(C)c1C. The fraction of sp³-hybridized carbons (Fsp3) is 0.611. The third-order valence-electron chi connectivity index (χ3n) is 5.37. The van der Waals surface area contributed by atoms with Crippen LogP contribution >= 0.6 is 0 Å². The summed E-state index contributed by atoms with van der Waals surface area (Å²) in [4.78, 5) is 16.0. The Morgan fingerprint density at radius 3 is 2.69 bits per heavy atom. The van der Waals surface area contributed by atoms with Gasteiger partial charge in [0.15, 0.2) is 0 Å². The van der Waals surface area contributed by atoms with Crippen molar-refractivity contribution in [1.29, 1.82) is 0 Å². The smallest absolute Gasteiger partial charge is 0.227 e. The van der Waals surface area contributed by atoms with E-state index in [0.29, 0.717) is 38.1 Å². The minimum atomic E-state index is -0.285. The van der Waals surface area contributed by atoms with E-state index in [9.17, 15) is 5.11 Å². The van der Waals surface area contributed by atoms with Gasteiger partial charge >= 0.3 is 0 Å². The summed E-state index contributed by atoms with van der Waals surface area (Å²) in [6, 6.07) is 2.02. The molecule has 1 atom stereocenters. The fourth-order valence-electron chi connectivity index (χ4n) is 3.39. The molecule has 0 aromatic carbocycles. The third-order valence-corrected chi connectivity index (χ3v) is 5.37. The average Bonchev–Trinajstić information content (AvgIpc) is 3.22. The highest BCUT2D eigenvalue weighted by atomic mass is 16.5. The van der Waals surface area contributed by atoms with Crippen molar-refractivity contribution in [2.75, 3.05) is 36.5 Å². The molecule has 0 spiro atoms. The van der Waals surface area contributed by atoms with Crippen molar-refractivity contribution in [3.8, 4) is 0 Å². The normalized spacial score (nSPS) is 20.5. The minimum Gasteiger partial charge on any atom is -0.389 e. The predicted molar refractivity (Wildman–Crippen MR) is 98.4 cm³/mol. The van der Waals surface area contributed by atoms with Crippen LogP contribution in [0.4, 0.5) is 11.8 Å². The van der Waals surface area contributed by atoms with E-state index in [1.54, 1.807) is 0 Å². The van der Waals surface area contributed by atoms with Gasteiger partial charge in [0.1, 0.15) is 11.6 Å². The summed E-state index contributed by atoms with van der Waals surface area (Å²) in [7, 11) is 2.03. The molecule has 8 nitrogen and oxygen atoms in total. The first-order chi connectivity index (χ1) is 12.5. The number of imidazole rings is 1. The average molecular weight is 358 g/mol. The summed E-state index contributed by atoms with van der Waals surface area (Å²) in [6.07, 6.45) is 0.697. The predicted octanol–water partition coefficient (Wildman–Crippen LogP) is 1.12. The number of aliphatic hydroxyl groups excluding tert-OH is 1. The Balaban J connectivity index is 1.56. The highest BCUT2D eigenvalue weighted by Crippen LogP contribution is 2.28. The molecule has 2 aliphatic heterocycles. The Kier molecular flexibility index (Phi) is 4.54. The zero-order chi connectivity index (χ0) is 18.3. The topological polar surface area (TPSA) is 88.3 Å². The molecule has 140 valence electrons. The van der Waals surface area contributed by atoms with Gasteiger partial charge in [0, 0.05) is 44.4 Å². The van der Waals surface area contributed by atoms with Gasteiger partial charge in [-0.15, -0.1) is 0 Å². The Labute approximate surface area is 153 Å². The Morgan fingerprint density at radius 1 is 1.27 bits per heavy atom. The lowest BCUT2D eigenvalue weighted by Crippen LogP contribution is -2.51.